The third-order valence-electron chi connectivity index (χ3n) is 2.71. The van der Waals surface area contributed by atoms with Gasteiger partial charge in [0.1, 0.15) is 11.1 Å². The third kappa shape index (κ3) is 4.22. The average Bonchev–Trinajstić information content (AvgIpc) is 2.86. The fourth-order valence-electron chi connectivity index (χ4n) is 1.78. The Morgan fingerprint density at radius 3 is 2.30 bits per heavy atom. The van der Waals surface area contributed by atoms with Crippen molar-refractivity contribution in [1.82, 2.24) is 10.0 Å². The molecule has 2 unspecified atom stereocenters. The lowest BCUT2D eigenvalue weighted by molar-refractivity contribution is -0.122. The van der Waals surface area contributed by atoms with Crippen molar-refractivity contribution in [2.45, 2.75) is 38.3 Å². The maximum atomic E-state index is 12.0. The smallest absolute Gasteiger partial charge is 0.408 e. The zero-order chi connectivity index (χ0) is 15.8. The normalized spacial score (nSPS) is 25.5. The van der Waals surface area contributed by atoms with Crippen molar-refractivity contribution in [2.24, 2.45) is 5.92 Å². The predicted octanol–water partition coefficient (Wildman–Crippen LogP) is 0.532. The highest BCUT2D eigenvalue weighted by Crippen LogP contribution is 2.44. The molecule has 8 heteroatoms. The van der Waals surface area contributed by atoms with Gasteiger partial charge < -0.3 is 10.1 Å². The Morgan fingerprint density at radius 1 is 1.40 bits per heavy atom. The molecule has 1 rings (SSSR count). The first kappa shape index (κ1) is 16.5. The molecule has 0 spiro atoms. The number of nitrogens with one attached hydrogen (secondary N) is 2. The van der Waals surface area contributed by atoms with Crippen LogP contribution in [0.25, 0.3) is 0 Å². The molecular weight excluding hydrogens is 284 g/mol. The molecule has 7 nitrogen and oxygen atoms in total. The van der Waals surface area contributed by atoms with Crippen LogP contribution in [0.15, 0.2) is 12.7 Å². The van der Waals surface area contributed by atoms with Crippen LogP contribution < -0.4 is 10.0 Å². The fourth-order valence-corrected chi connectivity index (χ4v) is 2.30. The summed E-state index contributed by atoms with van der Waals surface area (Å²) in [5, 5.41) is 2.44. The minimum Gasteiger partial charge on any atom is -0.444 e. The number of sulfonamides is 1. The molecule has 0 aromatic heterocycles. The Kier molecular flexibility index (Phi) is 4.19. The molecule has 0 radical (unpaired) electrons. The minimum atomic E-state index is -3.70. The van der Waals surface area contributed by atoms with E-state index < -0.39 is 33.2 Å². The Morgan fingerprint density at radius 2 is 1.95 bits per heavy atom. The standard InChI is InChI=1S/C12H20N2O5S/c1-6-8-7-12(8,9(15)14-20(5,17)18)13-10(16)19-11(2,3)4/h6,8H,1,7H2,2-5H3,(H,13,16)(H,14,15). The van der Waals surface area contributed by atoms with Crippen molar-refractivity contribution in [2.75, 3.05) is 6.26 Å². The van der Waals surface area contributed by atoms with Crippen LogP contribution in [0.2, 0.25) is 0 Å². The first-order chi connectivity index (χ1) is 8.89. The van der Waals surface area contributed by atoms with Crippen LogP contribution in [0.5, 0.6) is 0 Å². The van der Waals surface area contributed by atoms with Gasteiger partial charge in [-0.2, -0.15) is 0 Å². The summed E-state index contributed by atoms with van der Waals surface area (Å²) in [5.74, 6) is -1.10. The first-order valence-corrected chi connectivity index (χ1v) is 7.95. The van der Waals surface area contributed by atoms with E-state index in [0.717, 1.165) is 6.26 Å². The summed E-state index contributed by atoms with van der Waals surface area (Å²) in [5.41, 5.74) is -2.01. The zero-order valence-corrected chi connectivity index (χ0v) is 12.8. The molecule has 20 heavy (non-hydrogen) atoms. The molecule has 0 heterocycles. The average molecular weight is 304 g/mol. The van der Waals surface area contributed by atoms with E-state index >= 15 is 0 Å². The minimum absolute atomic E-state index is 0.289. The molecule has 1 fully saturated rings. The second-order valence-electron chi connectivity index (χ2n) is 5.85. The van der Waals surface area contributed by atoms with Gasteiger partial charge in [-0.15, -0.1) is 6.58 Å². The molecule has 0 saturated heterocycles. The summed E-state index contributed by atoms with van der Waals surface area (Å²) < 4.78 is 29.2. The number of rotatable bonds is 4. The summed E-state index contributed by atoms with van der Waals surface area (Å²) in [6, 6.07) is 0. The topological polar surface area (TPSA) is 102 Å². The van der Waals surface area contributed by atoms with Crippen molar-refractivity contribution in [1.29, 1.82) is 0 Å². The second kappa shape index (κ2) is 5.08. The molecule has 2 amide bonds. The van der Waals surface area contributed by atoms with Gasteiger partial charge in [0.25, 0.3) is 5.91 Å². The predicted molar refractivity (Wildman–Crippen MR) is 73.4 cm³/mol. The quantitative estimate of drug-likeness (QED) is 0.738. The number of carbonyl (C=O) groups excluding carboxylic acids is 2. The highest BCUT2D eigenvalue weighted by atomic mass is 32.2. The van der Waals surface area contributed by atoms with Gasteiger partial charge in [-0.1, -0.05) is 6.08 Å². The van der Waals surface area contributed by atoms with Gasteiger partial charge in [0, 0.05) is 5.92 Å². The van der Waals surface area contributed by atoms with Crippen molar-refractivity contribution in [3.8, 4) is 0 Å². The van der Waals surface area contributed by atoms with E-state index in [4.69, 9.17) is 4.74 Å². The second-order valence-corrected chi connectivity index (χ2v) is 7.60. The lowest BCUT2D eigenvalue weighted by atomic mass is 10.2. The SMILES string of the molecule is C=CC1CC1(NC(=O)OC(C)(C)C)C(=O)NS(C)(=O)=O. The lowest BCUT2D eigenvalue weighted by Crippen LogP contribution is -2.52. The van der Waals surface area contributed by atoms with Crippen molar-refractivity contribution in [3.05, 3.63) is 12.7 Å². The maximum Gasteiger partial charge on any atom is 0.408 e. The Balaban J connectivity index is 2.82. The fraction of sp³-hybridized carbons (Fsp3) is 0.667. The maximum absolute atomic E-state index is 12.0. The monoisotopic (exact) mass is 304 g/mol. The van der Waals surface area contributed by atoms with Crippen LogP contribution in [0, 0.1) is 5.92 Å². The highest BCUT2D eigenvalue weighted by Gasteiger charge is 2.60. The molecule has 1 aliphatic carbocycles. The number of hydrogen-bond donors (Lipinski definition) is 2. The molecule has 114 valence electrons. The van der Waals surface area contributed by atoms with Gasteiger partial charge in [-0.25, -0.2) is 13.2 Å². The van der Waals surface area contributed by atoms with E-state index in [1.165, 1.54) is 6.08 Å². The van der Waals surface area contributed by atoms with E-state index in [1.54, 1.807) is 20.8 Å². The van der Waals surface area contributed by atoms with E-state index in [2.05, 4.69) is 11.9 Å². The Hall–Kier alpha value is -1.57. The van der Waals surface area contributed by atoms with Gasteiger partial charge in [0.15, 0.2) is 0 Å². The number of amides is 2. The summed E-state index contributed by atoms with van der Waals surface area (Å²) in [6.07, 6.45) is 1.89. The van der Waals surface area contributed by atoms with Crippen LogP contribution in [-0.4, -0.2) is 37.8 Å². The molecule has 2 atom stereocenters. The van der Waals surface area contributed by atoms with Crippen LogP contribution in [-0.2, 0) is 19.6 Å². The number of alkyl carbamates (subject to hydrolysis) is 1. The van der Waals surface area contributed by atoms with Gasteiger partial charge in [-0.05, 0) is 27.2 Å². The molecular formula is C12H20N2O5S. The van der Waals surface area contributed by atoms with E-state index in [0.29, 0.717) is 0 Å². The zero-order valence-electron chi connectivity index (χ0n) is 12.0. The van der Waals surface area contributed by atoms with Crippen molar-refractivity contribution >= 4 is 22.0 Å². The molecule has 0 aliphatic heterocycles. The summed E-state index contributed by atoms with van der Waals surface area (Å²) >= 11 is 0. The molecule has 0 bridgehead atoms. The van der Waals surface area contributed by atoms with Gasteiger partial charge in [0.2, 0.25) is 10.0 Å². The first-order valence-electron chi connectivity index (χ1n) is 6.05. The molecule has 1 saturated carbocycles. The summed E-state index contributed by atoms with van der Waals surface area (Å²) in [4.78, 5) is 23.8. The lowest BCUT2D eigenvalue weighted by Gasteiger charge is -2.23. The van der Waals surface area contributed by atoms with Crippen LogP contribution in [0.3, 0.4) is 0 Å². The van der Waals surface area contributed by atoms with Gasteiger partial charge >= 0.3 is 6.09 Å². The number of carbonyl (C=O) groups is 2. The van der Waals surface area contributed by atoms with Crippen LogP contribution >= 0.6 is 0 Å². The number of ether oxygens (including phenoxy) is 1. The molecule has 0 aromatic carbocycles. The van der Waals surface area contributed by atoms with E-state index in [1.807, 2.05) is 4.72 Å². The Bertz CT molecular complexity index is 535. The Labute approximate surface area is 118 Å². The van der Waals surface area contributed by atoms with Gasteiger partial charge in [0.05, 0.1) is 6.26 Å². The number of hydrogen-bond acceptors (Lipinski definition) is 5. The summed E-state index contributed by atoms with van der Waals surface area (Å²) in [6.45, 7) is 8.62. The van der Waals surface area contributed by atoms with E-state index in [-0.39, 0.29) is 12.3 Å². The molecule has 2 N–H and O–H groups in total. The molecule has 0 aromatic rings. The van der Waals surface area contributed by atoms with Gasteiger partial charge in [-0.3, -0.25) is 9.52 Å². The third-order valence-corrected chi connectivity index (χ3v) is 3.26. The van der Waals surface area contributed by atoms with E-state index in [9.17, 15) is 18.0 Å². The van der Waals surface area contributed by atoms with Crippen molar-refractivity contribution < 1.29 is 22.7 Å². The highest BCUT2D eigenvalue weighted by molar-refractivity contribution is 7.89. The summed E-state index contributed by atoms with van der Waals surface area (Å²) in [7, 11) is -3.70. The van der Waals surface area contributed by atoms with Crippen molar-refractivity contribution in [3.63, 3.8) is 0 Å². The van der Waals surface area contributed by atoms with Crippen LogP contribution in [0.1, 0.15) is 27.2 Å². The largest absolute Gasteiger partial charge is 0.444 e. The van der Waals surface area contributed by atoms with Crippen LogP contribution in [0.4, 0.5) is 4.79 Å². The molecule has 1 aliphatic rings.